The summed E-state index contributed by atoms with van der Waals surface area (Å²) in [6, 6.07) is 8.79. The van der Waals surface area contributed by atoms with Gasteiger partial charge in [-0.05, 0) is 86.8 Å². The van der Waals surface area contributed by atoms with Gasteiger partial charge in [0.15, 0.2) is 0 Å². The molecule has 0 saturated heterocycles. The Labute approximate surface area is 181 Å². The maximum atomic E-state index is 5.56. The van der Waals surface area contributed by atoms with Crippen molar-refractivity contribution in [2.45, 2.75) is 110 Å². The third kappa shape index (κ3) is 7.65. The number of rotatable bonds is 11. The van der Waals surface area contributed by atoms with Crippen LogP contribution in [0.5, 0.6) is 5.75 Å². The standard InChI is InChI=1S/C28H46O/c1-3-5-6-7-8-23-11-17-26(18-12-23)27-19-13-24(14-20-27)9-10-25-15-21-28(22-16-25)29-4-2/h15-16,21-24,26-27H,3-14,17-20H2,1-2H3. The van der Waals surface area contributed by atoms with E-state index in [0.717, 1.165) is 36.0 Å². The molecule has 0 bridgehead atoms. The van der Waals surface area contributed by atoms with Gasteiger partial charge in [-0.3, -0.25) is 0 Å². The molecule has 0 heterocycles. The van der Waals surface area contributed by atoms with Crippen LogP contribution in [0.3, 0.4) is 0 Å². The average Bonchev–Trinajstić information content (AvgIpc) is 2.77. The van der Waals surface area contributed by atoms with Gasteiger partial charge in [-0.2, -0.15) is 0 Å². The summed E-state index contributed by atoms with van der Waals surface area (Å²) in [6.45, 7) is 5.12. The zero-order valence-electron chi connectivity index (χ0n) is 19.3. The first kappa shape index (κ1) is 22.7. The number of hydrogen-bond donors (Lipinski definition) is 0. The molecule has 0 N–H and O–H groups in total. The molecule has 2 aliphatic carbocycles. The van der Waals surface area contributed by atoms with E-state index in [4.69, 9.17) is 4.74 Å². The zero-order chi connectivity index (χ0) is 20.3. The van der Waals surface area contributed by atoms with Gasteiger partial charge in [0.1, 0.15) is 5.75 Å². The highest BCUT2D eigenvalue weighted by Crippen LogP contribution is 2.43. The Bertz CT molecular complexity index is 532. The number of hydrogen-bond acceptors (Lipinski definition) is 1. The fraction of sp³-hybridized carbons (Fsp3) is 0.786. The largest absolute Gasteiger partial charge is 0.494 e. The van der Waals surface area contributed by atoms with Crippen LogP contribution in [-0.4, -0.2) is 6.61 Å². The van der Waals surface area contributed by atoms with Crippen LogP contribution in [0.2, 0.25) is 0 Å². The average molecular weight is 399 g/mol. The van der Waals surface area contributed by atoms with Gasteiger partial charge in [0.2, 0.25) is 0 Å². The van der Waals surface area contributed by atoms with Crippen molar-refractivity contribution in [3.63, 3.8) is 0 Å². The lowest BCUT2D eigenvalue weighted by atomic mass is 9.68. The molecule has 1 aromatic rings. The number of unbranched alkanes of at least 4 members (excludes halogenated alkanes) is 3. The highest BCUT2D eigenvalue weighted by atomic mass is 16.5. The van der Waals surface area contributed by atoms with Crippen LogP contribution in [0.4, 0.5) is 0 Å². The molecule has 1 aromatic carbocycles. The van der Waals surface area contributed by atoms with Crippen molar-refractivity contribution in [3.05, 3.63) is 29.8 Å². The van der Waals surface area contributed by atoms with Crippen molar-refractivity contribution >= 4 is 0 Å². The molecular formula is C28H46O. The molecule has 29 heavy (non-hydrogen) atoms. The lowest BCUT2D eigenvalue weighted by molar-refractivity contribution is 0.140. The van der Waals surface area contributed by atoms with Crippen LogP contribution >= 0.6 is 0 Å². The Morgan fingerprint density at radius 2 is 1.28 bits per heavy atom. The topological polar surface area (TPSA) is 9.23 Å². The Morgan fingerprint density at radius 3 is 1.83 bits per heavy atom. The second kappa shape index (κ2) is 12.7. The minimum atomic E-state index is 0.753. The van der Waals surface area contributed by atoms with Crippen LogP contribution in [0.15, 0.2) is 24.3 Å². The molecule has 0 aromatic heterocycles. The monoisotopic (exact) mass is 398 g/mol. The van der Waals surface area contributed by atoms with Crippen LogP contribution in [0, 0.1) is 23.7 Å². The third-order valence-corrected chi connectivity index (χ3v) is 7.99. The maximum absolute atomic E-state index is 5.56. The molecule has 0 aliphatic heterocycles. The maximum Gasteiger partial charge on any atom is 0.119 e. The van der Waals surface area contributed by atoms with E-state index in [-0.39, 0.29) is 0 Å². The molecule has 0 atom stereocenters. The van der Waals surface area contributed by atoms with Crippen molar-refractivity contribution in [1.82, 2.24) is 0 Å². The van der Waals surface area contributed by atoms with Gasteiger partial charge in [-0.25, -0.2) is 0 Å². The molecule has 2 aliphatic rings. The Morgan fingerprint density at radius 1 is 0.690 bits per heavy atom. The molecule has 164 valence electrons. The van der Waals surface area contributed by atoms with E-state index in [1.807, 2.05) is 6.92 Å². The fourth-order valence-corrected chi connectivity index (χ4v) is 6.05. The van der Waals surface area contributed by atoms with Crippen molar-refractivity contribution in [2.75, 3.05) is 6.61 Å². The van der Waals surface area contributed by atoms with E-state index in [9.17, 15) is 0 Å². The number of aryl methyl sites for hydroxylation is 1. The van der Waals surface area contributed by atoms with Crippen molar-refractivity contribution in [3.8, 4) is 5.75 Å². The minimum Gasteiger partial charge on any atom is -0.494 e. The summed E-state index contributed by atoms with van der Waals surface area (Å²) in [5.74, 6) is 5.15. The Hall–Kier alpha value is -0.980. The lowest BCUT2D eigenvalue weighted by Gasteiger charge is -2.38. The summed E-state index contributed by atoms with van der Waals surface area (Å²) >= 11 is 0. The molecular weight excluding hydrogens is 352 g/mol. The van der Waals surface area contributed by atoms with Gasteiger partial charge in [-0.15, -0.1) is 0 Å². The predicted octanol–water partition coefficient (Wildman–Crippen LogP) is 8.60. The molecule has 0 amide bonds. The third-order valence-electron chi connectivity index (χ3n) is 7.99. The van der Waals surface area contributed by atoms with Crippen molar-refractivity contribution in [1.29, 1.82) is 0 Å². The summed E-state index contributed by atoms with van der Waals surface area (Å²) in [6.07, 6.45) is 22.1. The minimum absolute atomic E-state index is 0.753. The normalized spacial score (nSPS) is 27.7. The molecule has 2 saturated carbocycles. The first-order valence-electron chi connectivity index (χ1n) is 13.0. The number of ether oxygens (including phenoxy) is 1. The van der Waals surface area contributed by atoms with Gasteiger partial charge in [0, 0.05) is 0 Å². The van der Waals surface area contributed by atoms with Gasteiger partial charge < -0.3 is 4.74 Å². The predicted molar refractivity (Wildman–Crippen MR) is 126 cm³/mol. The Balaban J connectivity index is 1.29. The van der Waals surface area contributed by atoms with Gasteiger partial charge in [0.05, 0.1) is 6.61 Å². The SMILES string of the molecule is CCCCCCC1CCC(C2CCC(CCc3ccc(OCC)cc3)CC2)CC1. The second-order valence-corrected chi connectivity index (χ2v) is 10.0. The summed E-state index contributed by atoms with van der Waals surface area (Å²) < 4.78 is 5.56. The van der Waals surface area contributed by atoms with Gasteiger partial charge >= 0.3 is 0 Å². The lowest BCUT2D eigenvalue weighted by Crippen LogP contribution is -2.26. The Kier molecular flexibility index (Phi) is 9.91. The first-order valence-corrected chi connectivity index (χ1v) is 13.0. The molecule has 3 rings (SSSR count). The van der Waals surface area contributed by atoms with Crippen LogP contribution in [-0.2, 0) is 6.42 Å². The van der Waals surface area contributed by atoms with E-state index < -0.39 is 0 Å². The molecule has 1 nitrogen and oxygen atoms in total. The second-order valence-electron chi connectivity index (χ2n) is 10.0. The summed E-state index contributed by atoms with van der Waals surface area (Å²) in [4.78, 5) is 0. The van der Waals surface area contributed by atoms with Crippen LogP contribution < -0.4 is 4.74 Å². The van der Waals surface area contributed by atoms with Crippen LogP contribution in [0.1, 0.15) is 109 Å². The molecule has 1 heteroatoms. The fourth-order valence-electron chi connectivity index (χ4n) is 6.05. The van der Waals surface area contributed by atoms with E-state index in [2.05, 4.69) is 31.2 Å². The van der Waals surface area contributed by atoms with E-state index in [1.54, 1.807) is 12.8 Å². The molecule has 0 radical (unpaired) electrons. The van der Waals surface area contributed by atoms with E-state index in [1.165, 1.54) is 89.0 Å². The van der Waals surface area contributed by atoms with Crippen molar-refractivity contribution < 1.29 is 4.74 Å². The summed E-state index contributed by atoms with van der Waals surface area (Å²) in [7, 11) is 0. The van der Waals surface area contributed by atoms with E-state index >= 15 is 0 Å². The highest BCUT2D eigenvalue weighted by molar-refractivity contribution is 5.27. The smallest absolute Gasteiger partial charge is 0.119 e. The molecule has 2 fully saturated rings. The van der Waals surface area contributed by atoms with Crippen LogP contribution in [0.25, 0.3) is 0 Å². The number of benzene rings is 1. The summed E-state index contributed by atoms with van der Waals surface area (Å²) in [5.41, 5.74) is 1.48. The summed E-state index contributed by atoms with van der Waals surface area (Å²) in [5, 5.41) is 0. The highest BCUT2D eigenvalue weighted by Gasteiger charge is 2.30. The van der Waals surface area contributed by atoms with Crippen molar-refractivity contribution in [2.24, 2.45) is 23.7 Å². The first-order chi connectivity index (χ1) is 14.3. The quantitative estimate of drug-likeness (QED) is 0.339. The molecule has 0 spiro atoms. The zero-order valence-corrected chi connectivity index (χ0v) is 19.3. The molecule has 0 unspecified atom stereocenters. The van der Waals surface area contributed by atoms with Gasteiger partial charge in [0.25, 0.3) is 0 Å². The van der Waals surface area contributed by atoms with Gasteiger partial charge in [-0.1, -0.05) is 76.8 Å². The van der Waals surface area contributed by atoms with E-state index in [0.29, 0.717) is 0 Å².